The van der Waals surface area contributed by atoms with Gasteiger partial charge in [-0.3, -0.25) is 0 Å². The van der Waals surface area contributed by atoms with Gasteiger partial charge in [0.15, 0.2) is 0 Å². The first-order valence-corrected chi connectivity index (χ1v) is 7.68. The predicted octanol–water partition coefficient (Wildman–Crippen LogP) is 4.02. The lowest BCUT2D eigenvalue weighted by atomic mass is 9.96. The van der Waals surface area contributed by atoms with Gasteiger partial charge < -0.3 is 10.1 Å². The van der Waals surface area contributed by atoms with E-state index in [1.807, 2.05) is 0 Å². The summed E-state index contributed by atoms with van der Waals surface area (Å²) in [4.78, 5) is 0. The monoisotopic (exact) mass is 311 g/mol. The first-order valence-electron chi connectivity index (χ1n) is 6.89. The van der Waals surface area contributed by atoms with Crippen LogP contribution in [0, 0.1) is 0 Å². The van der Waals surface area contributed by atoms with Gasteiger partial charge in [0.25, 0.3) is 0 Å². The Labute approximate surface area is 118 Å². The van der Waals surface area contributed by atoms with E-state index < -0.39 is 0 Å². The molecular weight excluding hydrogens is 290 g/mol. The Kier molecular flexibility index (Phi) is 5.67. The lowest BCUT2D eigenvalue weighted by molar-refractivity contribution is -0.00889. The summed E-state index contributed by atoms with van der Waals surface area (Å²) in [5.74, 6) is 0. The topological polar surface area (TPSA) is 21.3 Å². The zero-order chi connectivity index (χ0) is 12.8. The minimum Gasteiger partial charge on any atom is -0.374 e. The molecule has 0 aliphatic heterocycles. The fraction of sp³-hybridized carbons (Fsp3) is 0.600. The average Bonchev–Trinajstić information content (AvgIpc) is 2.30. The number of rotatable bonds is 7. The molecule has 3 heteroatoms. The standard InChI is InChI=1S/C15H22BrNO/c1-2-8-17-10-12-6-7-13(15(16)9-12)11-18-14-4-3-5-14/h6-7,9,14,17H,2-5,8,10-11H2,1H3. The van der Waals surface area contributed by atoms with Crippen molar-refractivity contribution >= 4 is 15.9 Å². The van der Waals surface area contributed by atoms with Gasteiger partial charge in [-0.1, -0.05) is 35.0 Å². The number of ether oxygens (including phenoxy) is 1. The fourth-order valence-corrected chi connectivity index (χ4v) is 2.51. The van der Waals surface area contributed by atoms with E-state index >= 15 is 0 Å². The molecule has 0 amide bonds. The van der Waals surface area contributed by atoms with Gasteiger partial charge in [0.1, 0.15) is 0 Å². The highest BCUT2D eigenvalue weighted by molar-refractivity contribution is 9.10. The Hall–Kier alpha value is -0.380. The maximum atomic E-state index is 5.84. The van der Waals surface area contributed by atoms with Gasteiger partial charge in [-0.15, -0.1) is 0 Å². The summed E-state index contributed by atoms with van der Waals surface area (Å²) in [6, 6.07) is 6.56. The highest BCUT2D eigenvalue weighted by atomic mass is 79.9. The van der Waals surface area contributed by atoms with Crippen LogP contribution in [-0.2, 0) is 17.9 Å². The summed E-state index contributed by atoms with van der Waals surface area (Å²) in [6.07, 6.45) is 5.47. The van der Waals surface area contributed by atoms with Crippen molar-refractivity contribution in [1.82, 2.24) is 5.32 Å². The third-order valence-electron chi connectivity index (χ3n) is 3.40. The van der Waals surface area contributed by atoms with Crippen molar-refractivity contribution in [2.75, 3.05) is 6.54 Å². The van der Waals surface area contributed by atoms with Crippen LogP contribution < -0.4 is 5.32 Å². The molecular formula is C15H22BrNO. The van der Waals surface area contributed by atoms with Gasteiger partial charge in [-0.05, 0) is 49.4 Å². The summed E-state index contributed by atoms with van der Waals surface area (Å²) in [5, 5.41) is 3.41. The Bertz CT molecular complexity index is 377. The summed E-state index contributed by atoms with van der Waals surface area (Å²) in [6.45, 7) is 4.93. The first kappa shape index (κ1) is 14.0. The van der Waals surface area contributed by atoms with E-state index in [4.69, 9.17) is 4.74 Å². The van der Waals surface area contributed by atoms with Crippen molar-refractivity contribution in [2.45, 2.75) is 51.9 Å². The van der Waals surface area contributed by atoms with E-state index in [0.717, 1.165) is 24.2 Å². The van der Waals surface area contributed by atoms with Gasteiger partial charge >= 0.3 is 0 Å². The second-order valence-electron chi connectivity index (χ2n) is 4.97. The normalized spacial score (nSPS) is 15.7. The van der Waals surface area contributed by atoms with Gasteiger partial charge in [0, 0.05) is 11.0 Å². The first-order chi connectivity index (χ1) is 8.79. The highest BCUT2D eigenvalue weighted by Gasteiger charge is 2.18. The van der Waals surface area contributed by atoms with E-state index in [2.05, 4.69) is 46.4 Å². The summed E-state index contributed by atoms with van der Waals surface area (Å²) < 4.78 is 7.00. The van der Waals surface area contributed by atoms with Crippen LogP contribution in [0.3, 0.4) is 0 Å². The lowest BCUT2D eigenvalue weighted by Crippen LogP contribution is -2.21. The van der Waals surface area contributed by atoms with E-state index in [1.54, 1.807) is 0 Å². The van der Waals surface area contributed by atoms with Crippen LogP contribution in [0.4, 0.5) is 0 Å². The maximum Gasteiger partial charge on any atom is 0.0731 e. The van der Waals surface area contributed by atoms with Crippen LogP contribution in [0.1, 0.15) is 43.7 Å². The number of hydrogen-bond donors (Lipinski definition) is 1. The average molecular weight is 312 g/mol. The molecule has 1 aliphatic rings. The molecule has 0 saturated heterocycles. The molecule has 1 aromatic carbocycles. The lowest BCUT2D eigenvalue weighted by Gasteiger charge is -2.25. The largest absolute Gasteiger partial charge is 0.374 e. The summed E-state index contributed by atoms with van der Waals surface area (Å²) in [5.41, 5.74) is 2.57. The molecule has 1 saturated carbocycles. The molecule has 100 valence electrons. The van der Waals surface area contributed by atoms with Crippen molar-refractivity contribution in [3.8, 4) is 0 Å². The predicted molar refractivity (Wildman–Crippen MR) is 78.6 cm³/mol. The molecule has 0 bridgehead atoms. The fourth-order valence-electron chi connectivity index (χ4n) is 1.97. The van der Waals surface area contributed by atoms with E-state index in [9.17, 15) is 0 Å². The Morgan fingerprint density at radius 1 is 1.39 bits per heavy atom. The second-order valence-corrected chi connectivity index (χ2v) is 5.82. The third-order valence-corrected chi connectivity index (χ3v) is 4.14. The molecule has 1 N–H and O–H groups in total. The van der Waals surface area contributed by atoms with E-state index in [1.165, 1.54) is 36.8 Å². The molecule has 1 fully saturated rings. The maximum absolute atomic E-state index is 5.84. The molecule has 0 aromatic heterocycles. The van der Waals surface area contributed by atoms with E-state index in [0.29, 0.717) is 6.10 Å². The third kappa shape index (κ3) is 4.08. The van der Waals surface area contributed by atoms with Gasteiger partial charge in [-0.25, -0.2) is 0 Å². The Balaban J connectivity index is 1.83. The molecule has 2 nitrogen and oxygen atoms in total. The van der Waals surface area contributed by atoms with Crippen LogP contribution in [-0.4, -0.2) is 12.6 Å². The number of hydrogen-bond acceptors (Lipinski definition) is 2. The van der Waals surface area contributed by atoms with Gasteiger partial charge in [-0.2, -0.15) is 0 Å². The Morgan fingerprint density at radius 3 is 2.83 bits per heavy atom. The van der Waals surface area contributed by atoms with E-state index in [-0.39, 0.29) is 0 Å². The zero-order valence-electron chi connectivity index (χ0n) is 11.0. The number of halogens is 1. The molecule has 1 aliphatic carbocycles. The van der Waals surface area contributed by atoms with Gasteiger partial charge in [0.2, 0.25) is 0 Å². The summed E-state index contributed by atoms with van der Waals surface area (Å²) in [7, 11) is 0. The highest BCUT2D eigenvalue weighted by Crippen LogP contribution is 2.25. The van der Waals surface area contributed by atoms with Crippen LogP contribution >= 0.6 is 15.9 Å². The minimum absolute atomic E-state index is 0.503. The van der Waals surface area contributed by atoms with Crippen molar-refractivity contribution < 1.29 is 4.74 Å². The van der Waals surface area contributed by atoms with Crippen LogP contribution in [0.2, 0.25) is 0 Å². The molecule has 0 heterocycles. The molecule has 0 radical (unpaired) electrons. The second kappa shape index (κ2) is 7.27. The number of nitrogens with one attached hydrogen (secondary N) is 1. The van der Waals surface area contributed by atoms with Crippen LogP contribution in [0.5, 0.6) is 0 Å². The van der Waals surface area contributed by atoms with Gasteiger partial charge in [0.05, 0.1) is 12.7 Å². The molecule has 2 rings (SSSR count). The minimum atomic E-state index is 0.503. The van der Waals surface area contributed by atoms with Crippen molar-refractivity contribution in [2.24, 2.45) is 0 Å². The smallest absolute Gasteiger partial charge is 0.0731 e. The summed E-state index contributed by atoms with van der Waals surface area (Å²) >= 11 is 3.64. The molecule has 18 heavy (non-hydrogen) atoms. The molecule has 1 aromatic rings. The van der Waals surface area contributed by atoms with Crippen molar-refractivity contribution in [3.63, 3.8) is 0 Å². The quantitative estimate of drug-likeness (QED) is 0.768. The van der Waals surface area contributed by atoms with Crippen LogP contribution in [0.25, 0.3) is 0 Å². The van der Waals surface area contributed by atoms with Crippen molar-refractivity contribution in [1.29, 1.82) is 0 Å². The molecule has 0 atom stereocenters. The molecule has 0 unspecified atom stereocenters. The number of benzene rings is 1. The zero-order valence-corrected chi connectivity index (χ0v) is 12.6. The van der Waals surface area contributed by atoms with Crippen molar-refractivity contribution in [3.05, 3.63) is 33.8 Å². The molecule has 0 spiro atoms. The SMILES string of the molecule is CCCNCc1ccc(COC2CCC2)c(Br)c1. The van der Waals surface area contributed by atoms with Crippen LogP contribution in [0.15, 0.2) is 22.7 Å². The Morgan fingerprint density at radius 2 is 2.22 bits per heavy atom.